The molecular formula is C16H30O4. The fourth-order valence-corrected chi connectivity index (χ4v) is 2.51. The molecule has 1 N–H and O–H groups in total. The monoisotopic (exact) mass is 286 g/mol. The number of esters is 1. The second-order valence-corrected chi connectivity index (χ2v) is 7.40. The summed E-state index contributed by atoms with van der Waals surface area (Å²) in [4.78, 5) is 12.1. The van der Waals surface area contributed by atoms with E-state index in [4.69, 9.17) is 9.47 Å². The van der Waals surface area contributed by atoms with E-state index in [9.17, 15) is 9.90 Å². The minimum absolute atomic E-state index is 0.256. The van der Waals surface area contributed by atoms with Crippen molar-refractivity contribution in [1.29, 1.82) is 0 Å². The number of rotatable bonds is 5. The average molecular weight is 286 g/mol. The van der Waals surface area contributed by atoms with Crippen molar-refractivity contribution in [2.75, 3.05) is 13.2 Å². The van der Waals surface area contributed by atoms with Gasteiger partial charge in [-0.2, -0.15) is 0 Å². The number of hydrogen-bond acceptors (Lipinski definition) is 4. The highest BCUT2D eigenvalue weighted by Crippen LogP contribution is 2.30. The van der Waals surface area contributed by atoms with Gasteiger partial charge in [0.05, 0.1) is 6.61 Å². The first-order chi connectivity index (χ1) is 9.14. The minimum atomic E-state index is -0.917. The summed E-state index contributed by atoms with van der Waals surface area (Å²) < 4.78 is 11.2. The van der Waals surface area contributed by atoms with Crippen molar-refractivity contribution in [3.63, 3.8) is 0 Å². The van der Waals surface area contributed by atoms with E-state index in [0.29, 0.717) is 18.4 Å². The molecule has 1 rings (SSSR count). The number of ether oxygens (including phenoxy) is 2. The maximum absolute atomic E-state index is 12.1. The van der Waals surface area contributed by atoms with E-state index in [-0.39, 0.29) is 12.6 Å². The van der Waals surface area contributed by atoms with Crippen LogP contribution in [-0.4, -0.2) is 35.5 Å². The summed E-state index contributed by atoms with van der Waals surface area (Å²) in [6.07, 6.45) is 4.33. The second kappa shape index (κ2) is 6.90. The van der Waals surface area contributed by atoms with E-state index in [2.05, 4.69) is 0 Å². The van der Waals surface area contributed by atoms with Gasteiger partial charge < -0.3 is 14.6 Å². The molecule has 0 heterocycles. The number of hydrogen-bond donors (Lipinski definition) is 1. The van der Waals surface area contributed by atoms with E-state index < -0.39 is 11.2 Å². The summed E-state index contributed by atoms with van der Waals surface area (Å²) in [6, 6.07) is 0. The zero-order valence-corrected chi connectivity index (χ0v) is 13.6. The molecule has 0 saturated heterocycles. The number of carbonyl (C=O) groups is 1. The molecule has 20 heavy (non-hydrogen) atoms. The first kappa shape index (κ1) is 17.4. The van der Waals surface area contributed by atoms with Crippen molar-refractivity contribution in [3.8, 4) is 0 Å². The summed E-state index contributed by atoms with van der Waals surface area (Å²) in [5.74, 6) is 0.504. The highest BCUT2D eigenvalue weighted by atomic mass is 16.6. The molecule has 0 aromatic heterocycles. The van der Waals surface area contributed by atoms with Gasteiger partial charge in [-0.15, -0.1) is 0 Å². The molecule has 1 saturated carbocycles. The van der Waals surface area contributed by atoms with Crippen LogP contribution in [-0.2, 0) is 14.3 Å². The van der Waals surface area contributed by atoms with Crippen LogP contribution in [0.4, 0.5) is 0 Å². The molecule has 0 amide bonds. The normalized spacial score (nSPS) is 24.5. The van der Waals surface area contributed by atoms with Crippen LogP contribution in [0.5, 0.6) is 0 Å². The van der Waals surface area contributed by atoms with E-state index in [1.807, 2.05) is 20.8 Å². The molecule has 0 bridgehead atoms. The lowest BCUT2D eigenvalue weighted by Crippen LogP contribution is -2.42. The molecule has 0 aliphatic heterocycles. The van der Waals surface area contributed by atoms with Crippen LogP contribution in [0.15, 0.2) is 0 Å². The van der Waals surface area contributed by atoms with Gasteiger partial charge in [0.1, 0.15) is 5.60 Å². The Bertz CT molecular complexity index is 317. The van der Waals surface area contributed by atoms with Crippen LogP contribution < -0.4 is 0 Å². The number of aliphatic hydroxyl groups is 1. The Morgan fingerprint density at radius 2 is 1.75 bits per heavy atom. The molecule has 1 aliphatic rings. The van der Waals surface area contributed by atoms with Gasteiger partial charge in [0.25, 0.3) is 0 Å². The number of aliphatic hydroxyl groups excluding tert-OH is 1. The predicted octanol–water partition coefficient (Wildman–Crippen LogP) is 2.92. The Morgan fingerprint density at radius 3 is 2.30 bits per heavy atom. The van der Waals surface area contributed by atoms with Crippen molar-refractivity contribution < 1.29 is 19.4 Å². The maximum Gasteiger partial charge on any atom is 0.338 e. The molecule has 2 atom stereocenters. The quantitative estimate of drug-likeness (QED) is 0.790. The predicted molar refractivity (Wildman–Crippen MR) is 78.4 cm³/mol. The Morgan fingerprint density at radius 1 is 1.15 bits per heavy atom. The van der Waals surface area contributed by atoms with Gasteiger partial charge in [-0.25, -0.2) is 4.79 Å². The largest absolute Gasteiger partial charge is 0.458 e. The molecule has 1 fully saturated rings. The molecule has 4 heteroatoms. The highest BCUT2D eigenvalue weighted by Gasteiger charge is 2.34. The Hall–Kier alpha value is -0.610. The first-order valence-electron chi connectivity index (χ1n) is 7.62. The lowest BCUT2D eigenvalue weighted by molar-refractivity contribution is -0.181. The van der Waals surface area contributed by atoms with E-state index in [1.165, 1.54) is 0 Å². The molecule has 0 unspecified atom stereocenters. The standard InChI is InChI=1S/C16H30O4/c1-15(2,3)20-14(18)16(4,5)19-11-13-8-6-7-12(9-13)10-17/h12-13,17H,6-11H2,1-5H3/t12-,13+/m1/s1. The third kappa shape index (κ3) is 5.80. The van der Waals surface area contributed by atoms with Crippen molar-refractivity contribution in [2.24, 2.45) is 11.8 Å². The van der Waals surface area contributed by atoms with Crippen molar-refractivity contribution in [3.05, 3.63) is 0 Å². The van der Waals surface area contributed by atoms with Gasteiger partial charge in [0.15, 0.2) is 5.60 Å². The van der Waals surface area contributed by atoms with Crippen LogP contribution in [0.3, 0.4) is 0 Å². The van der Waals surface area contributed by atoms with Crippen molar-refractivity contribution >= 4 is 5.97 Å². The molecule has 0 aromatic carbocycles. The molecule has 0 aromatic rings. The summed E-state index contributed by atoms with van der Waals surface area (Å²) in [7, 11) is 0. The van der Waals surface area contributed by atoms with Gasteiger partial charge in [0.2, 0.25) is 0 Å². The van der Waals surface area contributed by atoms with Gasteiger partial charge in [0, 0.05) is 6.61 Å². The van der Waals surface area contributed by atoms with Crippen LogP contribution in [0, 0.1) is 11.8 Å². The van der Waals surface area contributed by atoms with E-state index in [0.717, 1.165) is 25.7 Å². The van der Waals surface area contributed by atoms with Gasteiger partial charge in [-0.1, -0.05) is 6.42 Å². The molecule has 1 aliphatic carbocycles. The fraction of sp³-hybridized carbons (Fsp3) is 0.938. The Kier molecular flexibility index (Phi) is 6.02. The lowest BCUT2D eigenvalue weighted by atomic mass is 9.82. The second-order valence-electron chi connectivity index (χ2n) is 7.40. The van der Waals surface area contributed by atoms with Crippen molar-refractivity contribution in [2.45, 2.75) is 71.5 Å². The SMILES string of the molecule is CC(C)(C)OC(=O)C(C)(C)OC[C@H]1CCC[C@@H](CO)C1. The third-order valence-corrected chi connectivity index (χ3v) is 3.72. The summed E-state index contributed by atoms with van der Waals surface area (Å²) >= 11 is 0. The minimum Gasteiger partial charge on any atom is -0.458 e. The number of carbonyl (C=O) groups excluding carboxylic acids is 1. The lowest BCUT2D eigenvalue weighted by Gasteiger charge is -2.32. The molecule has 4 nitrogen and oxygen atoms in total. The Balaban J connectivity index is 2.44. The molecule has 118 valence electrons. The average Bonchev–Trinajstić information content (AvgIpc) is 2.35. The fourth-order valence-electron chi connectivity index (χ4n) is 2.51. The van der Waals surface area contributed by atoms with Gasteiger partial charge in [-0.3, -0.25) is 0 Å². The highest BCUT2D eigenvalue weighted by molar-refractivity contribution is 5.78. The van der Waals surface area contributed by atoms with Crippen LogP contribution in [0.25, 0.3) is 0 Å². The van der Waals surface area contributed by atoms with Crippen LogP contribution in [0.2, 0.25) is 0 Å². The maximum atomic E-state index is 12.1. The zero-order chi connectivity index (χ0) is 15.4. The van der Waals surface area contributed by atoms with Crippen LogP contribution >= 0.6 is 0 Å². The summed E-state index contributed by atoms with van der Waals surface area (Å²) in [6.45, 7) is 9.89. The zero-order valence-electron chi connectivity index (χ0n) is 13.6. The van der Waals surface area contributed by atoms with Crippen molar-refractivity contribution in [1.82, 2.24) is 0 Å². The first-order valence-corrected chi connectivity index (χ1v) is 7.62. The van der Waals surface area contributed by atoms with Gasteiger partial charge in [-0.05, 0) is 65.7 Å². The summed E-state index contributed by atoms with van der Waals surface area (Å²) in [5, 5.41) is 9.24. The summed E-state index contributed by atoms with van der Waals surface area (Å²) in [5.41, 5.74) is -1.41. The third-order valence-electron chi connectivity index (χ3n) is 3.72. The molecule has 0 spiro atoms. The molecule has 0 radical (unpaired) electrons. The van der Waals surface area contributed by atoms with Gasteiger partial charge >= 0.3 is 5.97 Å². The van der Waals surface area contributed by atoms with Crippen LogP contribution in [0.1, 0.15) is 60.3 Å². The van der Waals surface area contributed by atoms with E-state index >= 15 is 0 Å². The van der Waals surface area contributed by atoms with E-state index in [1.54, 1.807) is 13.8 Å². The smallest absolute Gasteiger partial charge is 0.338 e. The Labute approximate surface area is 122 Å². The topological polar surface area (TPSA) is 55.8 Å². The molecular weight excluding hydrogens is 256 g/mol.